The lowest BCUT2D eigenvalue weighted by Crippen LogP contribution is -2.33. The Morgan fingerprint density at radius 1 is 1.36 bits per heavy atom. The Hall–Kier alpha value is -1.74. The maximum Gasteiger partial charge on any atom is 0.389 e. The van der Waals surface area contributed by atoms with E-state index in [0.29, 0.717) is 23.9 Å². The van der Waals surface area contributed by atoms with Crippen LogP contribution in [0.4, 0.5) is 18.9 Å². The minimum absolute atomic E-state index is 0.0426. The van der Waals surface area contributed by atoms with Crippen molar-refractivity contribution in [2.45, 2.75) is 31.9 Å². The molecular weight excluding hydrogens is 413 g/mol. The first-order chi connectivity index (χ1) is 13.3. The van der Waals surface area contributed by atoms with Gasteiger partial charge in [0.2, 0.25) is 5.91 Å². The van der Waals surface area contributed by atoms with E-state index in [4.69, 9.17) is 11.6 Å². The van der Waals surface area contributed by atoms with Crippen molar-refractivity contribution in [1.29, 1.82) is 0 Å². The third kappa shape index (κ3) is 6.13. The van der Waals surface area contributed by atoms with Gasteiger partial charge in [-0.15, -0.1) is 0 Å². The predicted molar refractivity (Wildman–Crippen MR) is 104 cm³/mol. The lowest BCUT2D eigenvalue weighted by atomic mass is 10.3. The molecule has 2 aromatic heterocycles. The third-order valence-corrected chi connectivity index (χ3v) is 5.54. The van der Waals surface area contributed by atoms with Crippen LogP contribution in [0.25, 0.3) is 5.69 Å². The summed E-state index contributed by atoms with van der Waals surface area (Å²) in [6.45, 7) is 0.546. The number of halogens is 4. The Morgan fingerprint density at radius 3 is 2.79 bits per heavy atom. The average Bonchev–Trinajstić information content (AvgIpc) is 3.39. The number of amides is 1. The summed E-state index contributed by atoms with van der Waals surface area (Å²) in [5.74, 6) is 0.572. The Bertz CT molecular complexity index is 796. The molecule has 1 aliphatic rings. The number of thioether (sulfide) groups is 1. The molecule has 28 heavy (non-hydrogen) atoms. The third-order valence-electron chi connectivity index (χ3n) is 4.28. The Kier molecular flexibility index (Phi) is 6.87. The maximum absolute atomic E-state index is 12.7. The number of nitrogens with zero attached hydrogens (tertiary/aromatic N) is 4. The molecule has 2 heterocycles. The van der Waals surface area contributed by atoms with E-state index in [1.165, 1.54) is 0 Å². The highest BCUT2D eigenvalue weighted by atomic mass is 35.5. The molecule has 2 aromatic rings. The van der Waals surface area contributed by atoms with Gasteiger partial charge in [-0.25, -0.2) is 4.68 Å². The summed E-state index contributed by atoms with van der Waals surface area (Å²) < 4.78 is 38.2. The van der Waals surface area contributed by atoms with Gasteiger partial charge in [-0.05, 0) is 30.9 Å². The Morgan fingerprint density at radius 2 is 2.14 bits per heavy atom. The highest BCUT2D eigenvalue weighted by Gasteiger charge is 2.30. The molecule has 0 radical (unpaired) electrons. The number of rotatable bonds is 9. The zero-order valence-corrected chi connectivity index (χ0v) is 16.6. The number of hydrogen-bond acceptors (Lipinski definition) is 4. The molecule has 10 heteroatoms. The summed E-state index contributed by atoms with van der Waals surface area (Å²) in [5, 5.41) is 4.48. The minimum atomic E-state index is -4.16. The van der Waals surface area contributed by atoms with Gasteiger partial charge in [0.05, 0.1) is 24.5 Å². The fourth-order valence-electron chi connectivity index (χ4n) is 2.62. The molecule has 0 unspecified atom stereocenters. The zero-order valence-electron chi connectivity index (χ0n) is 15.0. The van der Waals surface area contributed by atoms with Gasteiger partial charge in [0.1, 0.15) is 5.69 Å². The number of carbonyl (C=O) groups is 1. The first-order valence-electron chi connectivity index (χ1n) is 8.94. The van der Waals surface area contributed by atoms with Crippen LogP contribution in [-0.2, 0) is 4.79 Å². The van der Waals surface area contributed by atoms with E-state index in [0.717, 1.165) is 30.3 Å². The molecular formula is C18H20ClF3N4OS. The van der Waals surface area contributed by atoms with E-state index in [-0.39, 0.29) is 23.2 Å². The second kappa shape index (κ2) is 9.17. The fourth-order valence-corrected chi connectivity index (χ4v) is 3.76. The molecule has 0 saturated heterocycles. The topological polar surface area (TPSA) is 51.0 Å². The summed E-state index contributed by atoms with van der Waals surface area (Å²) in [5.41, 5.74) is 1.24. The molecule has 5 nitrogen and oxygen atoms in total. The maximum atomic E-state index is 12.7. The highest BCUT2D eigenvalue weighted by molar-refractivity contribution is 7.99. The summed E-state index contributed by atoms with van der Waals surface area (Å²) in [6.07, 6.45) is 2.23. The average molecular weight is 433 g/mol. The van der Waals surface area contributed by atoms with Crippen molar-refractivity contribution in [2.75, 3.05) is 23.0 Å². The van der Waals surface area contributed by atoms with Crippen LogP contribution in [0.2, 0.25) is 5.15 Å². The molecule has 0 spiro atoms. The molecule has 0 aliphatic heterocycles. The highest BCUT2D eigenvalue weighted by Crippen LogP contribution is 2.34. The number of carbonyl (C=O) groups excluding carboxylic acids is 1. The summed E-state index contributed by atoms with van der Waals surface area (Å²) in [6, 6.07) is 3.60. The number of pyridine rings is 1. The van der Waals surface area contributed by atoms with Crippen molar-refractivity contribution in [1.82, 2.24) is 14.8 Å². The van der Waals surface area contributed by atoms with Crippen LogP contribution in [0.3, 0.4) is 0 Å². The van der Waals surface area contributed by atoms with E-state index < -0.39 is 12.6 Å². The van der Waals surface area contributed by atoms with Crippen LogP contribution >= 0.6 is 23.4 Å². The largest absolute Gasteiger partial charge is 0.389 e. The Balaban J connectivity index is 1.65. The van der Waals surface area contributed by atoms with Gasteiger partial charge in [0.25, 0.3) is 0 Å². The van der Waals surface area contributed by atoms with Gasteiger partial charge < -0.3 is 4.90 Å². The van der Waals surface area contributed by atoms with Crippen molar-refractivity contribution >= 4 is 35.0 Å². The molecule has 1 fully saturated rings. The quantitative estimate of drug-likeness (QED) is 0.537. The van der Waals surface area contributed by atoms with Gasteiger partial charge in [0, 0.05) is 30.7 Å². The fraction of sp³-hybridized carbons (Fsp3) is 0.500. The van der Waals surface area contributed by atoms with Gasteiger partial charge in [-0.1, -0.05) is 11.6 Å². The molecule has 3 rings (SSSR count). The second-order valence-corrected chi connectivity index (χ2v) is 8.22. The number of anilines is 1. The van der Waals surface area contributed by atoms with E-state index in [9.17, 15) is 18.0 Å². The van der Waals surface area contributed by atoms with Crippen LogP contribution in [0.1, 0.15) is 25.7 Å². The van der Waals surface area contributed by atoms with E-state index in [2.05, 4.69) is 10.1 Å². The standard InChI is InChI=1S/C18H20ClF3N4OS/c19-17-15(12-26(24-17)14-2-1-7-23-10-14)25(11-13-3-4-13)16(27)5-8-28-9-6-18(20,21)22/h1-2,7,10,12-13H,3-6,8-9,11H2. The van der Waals surface area contributed by atoms with Crippen LogP contribution in [0.15, 0.2) is 30.7 Å². The van der Waals surface area contributed by atoms with Gasteiger partial charge in [0.15, 0.2) is 5.15 Å². The first-order valence-corrected chi connectivity index (χ1v) is 10.5. The smallest absolute Gasteiger partial charge is 0.308 e. The van der Waals surface area contributed by atoms with Crippen LogP contribution in [-0.4, -0.2) is 44.9 Å². The molecule has 0 N–H and O–H groups in total. The summed E-state index contributed by atoms with van der Waals surface area (Å²) in [7, 11) is 0. The van der Waals surface area contributed by atoms with Crippen molar-refractivity contribution in [3.8, 4) is 5.69 Å². The number of aromatic nitrogens is 3. The number of alkyl halides is 3. The van der Waals surface area contributed by atoms with Crippen molar-refractivity contribution in [3.05, 3.63) is 35.9 Å². The molecule has 1 saturated carbocycles. The molecule has 1 aliphatic carbocycles. The van der Waals surface area contributed by atoms with Crippen LogP contribution in [0.5, 0.6) is 0 Å². The van der Waals surface area contributed by atoms with Crippen molar-refractivity contribution in [2.24, 2.45) is 5.92 Å². The van der Waals surface area contributed by atoms with Gasteiger partial charge in [-0.2, -0.15) is 30.0 Å². The van der Waals surface area contributed by atoms with Crippen LogP contribution in [0, 0.1) is 5.92 Å². The zero-order chi connectivity index (χ0) is 20.1. The molecule has 0 bridgehead atoms. The summed E-state index contributed by atoms with van der Waals surface area (Å²) >= 11 is 7.43. The lowest BCUT2D eigenvalue weighted by molar-refractivity contribution is -0.129. The van der Waals surface area contributed by atoms with Crippen LogP contribution < -0.4 is 4.90 Å². The summed E-state index contributed by atoms with van der Waals surface area (Å²) in [4.78, 5) is 18.4. The second-order valence-electron chi connectivity index (χ2n) is 6.64. The number of hydrogen-bond donors (Lipinski definition) is 0. The molecule has 1 amide bonds. The normalized spacial score (nSPS) is 14.3. The molecule has 0 atom stereocenters. The lowest BCUT2D eigenvalue weighted by Gasteiger charge is -2.21. The van der Waals surface area contributed by atoms with Crippen molar-refractivity contribution < 1.29 is 18.0 Å². The Labute approximate surface area is 170 Å². The minimum Gasteiger partial charge on any atom is -0.308 e. The first kappa shape index (κ1) is 21.0. The molecule has 0 aromatic carbocycles. The molecule has 152 valence electrons. The monoisotopic (exact) mass is 432 g/mol. The van der Waals surface area contributed by atoms with Gasteiger partial charge >= 0.3 is 6.18 Å². The van der Waals surface area contributed by atoms with E-state index in [1.807, 2.05) is 6.07 Å². The van der Waals surface area contributed by atoms with Crippen molar-refractivity contribution in [3.63, 3.8) is 0 Å². The van der Waals surface area contributed by atoms with E-state index in [1.54, 1.807) is 34.2 Å². The predicted octanol–water partition coefficient (Wildman–Crippen LogP) is 4.74. The van der Waals surface area contributed by atoms with Gasteiger partial charge in [-0.3, -0.25) is 9.78 Å². The van der Waals surface area contributed by atoms with E-state index >= 15 is 0 Å². The SMILES string of the molecule is O=C(CCSCCC(F)(F)F)N(CC1CC1)c1cn(-c2cccnc2)nc1Cl.